The van der Waals surface area contributed by atoms with Crippen molar-refractivity contribution < 1.29 is 9.18 Å². The zero-order chi connectivity index (χ0) is 23.0. The first kappa shape index (κ1) is 23.3. The van der Waals surface area contributed by atoms with Gasteiger partial charge in [0.25, 0.3) is 5.91 Å². The molecule has 1 heterocycles. The summed E-state index contributed by atoms with van der Waals surface area (Å²) in [6.45, 7) is 3.46. The summed E-state index contributed by atoms with van der Waals surface area (Å²) in [7, 11) is 0. The van der Waals surface area contributed by atoms with E-state index in [4.69, 9.17) is 0 Å². The quantitative estimate of drug-likeness (QED) is 0.348. The molecule has 1 aromatic heterocycles. The number of amides is 1. The Hall–Kier alpha value is -2.88. The molecule has 0 spiro atoms. The maximum absolute atomic E-state index is 13.7. The first-order chi connectivity index (χ1) is 16.1. The van der Waals surface area contributed by atoms with Gasteiger partial charge >= 0.3 is 0 Å². The second-order valence-electron chi connectivity index (χ2n) is 9.28. The molecule has 4 rings (SSSR count). The molecular formula is C29H35FN2O. The van der Waals surface area contributed by atoms with Gasteiger partial charge in [-0.05, 0) is 73.2 Å². The van der Waals surface area contributed by atoms with Crippen molar-refractivity contribution in [2.24, 2.45) is 0 Å². The number of hydrogen-bond acceptors (Lipinski definition) is 1. The van der Waals surface area contributed by atoms with Crippen LogP contribution in [0.5, 0.6) is 0 Å². The van der Waals surface area contributed by atoms with Gasteiger partial charge in [0.1, 0.15) is 5.82 Å². The van der Waals surface area contributed by atoms with Gasteiger partial charge in [-0.3, -0.25) is 4.79 Å². The summed E-state index contributed by atoms with van der Waals surface area (Å²) in [5.74, 6) is -0.0975. The van der Waals surface area contributed by atoms with Crippen LogP contribution < -0.4 is 0 Å². The Balaban J connectivity index is 1.53. The van der Waals surface area contributed by atoms with Gasteiger partial charge in [0.05, 0.1) is 6.54 Å². The van der Waals surface area contributed by atoms with Crippen molar-refractivity contribution in [1.29, 1.82) is 0 Å². The van der Waals surface area contributed by atoms with Crippen molar-refractivity contribution in [3.63, 3.8) is 0 Å². The summed E-state index contributed by atoms with van der Waals surface area (Å²) in [5.41, 5.74) is 4.23. The SMILES string of the molecule is CCCCc1ccc(C(=O)N(Cc2cccn2Cc2ccc(F)cc2)C2CCCCC2)cc1. The van der Waals surface area contributed by atoms with Gasteiger partial charge in [-0.1, -0.05) is 56.9 Å². The van der Waals surface area contributed by atoms with Crippen LogP contribution >= 0.6 is 0 Å². The summed E-state index contributed by atoms with van der Waals surface area (Å²) in [6, 6.07) is 19.3. The van der Waals surface area contributed by atoms with Crippen LogP contribution in [0.2, 0.25) is 0 Å². The van der Waals surface area contributed by atoms with E-state index < -0.39 is 0 Å². The van der Waals surface area contributed by atoms with E-state index in [1.807, 2.05) is 36.5 Å². The highest BCUT2D eigenvalue weighted by molar-refractivity contribution is 5.94. The molecule has 3 nitrogen and oxygen atoms in total. The molecule has 174 valence electrons. The zero-order valence-corrected chi connectivity index (χ0v) is 19.7. The maximum Gasteiger partial charge on any atom is 0.254 e. The molecular weight excluding hydrogens is 411 g/mol. The van der Waals surface area contributed by atoms with Gasteiger partial charge in [-0.25, -0.2) is 4.39 Å². The molecule has 1 aliphatic carbocycles. The van der Waals surface area contributed by atoms with Gasteiger partial charge < -0.3 is 9.47 Å². The summed E-state index contributed by atoms with van der Waals surface area (Å²) in [5, 5.41) is 0. The molecule has 2 aromatic carbocycles. The predicted molar refractivity (Wildman–Crippen MR) is 132 cm³/mol. The third kappa shape index (κ3) is 6.13. The normalized spacial score (nSPS) is 14.4. The minimum Gasteiger partial charge on any atom is -0.345 e. The molecule has 3 aromatic rings. The van der Waals surface area contributed by atoms with Crippen LogP contribution in [0, 0.1) is 5.82 Å². The van der Waals surface area contributed by atoms with E-state index in [1.165, 1.54) is 49.8 Å². The van der Waals surface area contributed by atoms with Crippen molar-refractivity contribution in [2.75, 3.05) is 0 Å². The highest BCUT2D eigenvalue weighted by atomic mass is 19.1. The van der Waals surface area contributed by atoms with Crippen molar-refractivity contribution in [1.82, 2.24) is 9.47 Å². The Morgan fingerprint density at radius 2 is 1.67 bits per heavy atom. The van der Waals surface area contributed by atoms with Gasteiger partial charge in [0.2, 0.25) is 0 Å². The van der Waals surface area contributed by atoms with Crippen molar-refractivity contribution in [3.8, 4) is 0 Å². The first-order valence-electron chi connectivity index (χ1n) is 12.4. The summed E-state index contributed by atoms with van der Waals surface area (Å²) >= 11 is 0. The number of nitrogens with zero attached hydrogens (tertiary/aromatic N) is 2. The van der Waals surface area contributed by atoms with Crippen LogP contribution in [-0.4, -0.2) is 21.4 Å². The minimum absolute atomic E-state index is 0.124. The average molecular weight is 447 g/mol. The number of carbonyl (C=O) groups is 1. The topological polar surface area (TPSA) is 25.2 Å². The Kier molecular flexibility index (Phi) is 7.98. The number of halogens is 1. The smallest absolute Gasteiger partial charge is 0.254 e. The Bertz CT molecular complexity index is 1020. The van der Waals surface area contributed by atoms with Gasteiger partial charge in [0, 0.05) is 30.0 Å². The monoisotopic (exact) mass is 446 g/mol. The zero-order valence-electron chi connectivity index (χ0n) is 19.7. The molecule has 0 saturated heterocycles. The summed E-state index contributed by atoms with van der Waals surface area (Å²) in [4.78, 5) is 15.8. The second-order valence-corrected chi connectivity index (χ2v) is 9.28. The van der Waals surface area contributed by atoms with Gasteiger partial charge in [-0.2, -0.15) is 0 Å². The maximum atomic E-state index is 13.7. The molecule has 0 unspecified atom stereocenters. The first-order valence-corrected chi connectivity index (χ1v) is 12.4. The van der Waals surface area contributed by atoms with E-state index in [9.17, 15) is 9.18 Å². The highest BCUT2D eigenvalue weighted by Crippen LogP contribution is 2.26. The van der Waals surface area contributed by atoms with E-state index in [-0.39, 0.29) is 17.8 Å². The molecule has 0 atom stereocenters. The largest absolute Gasteiger partial charge is 0.345 e. The molecule has 1 fully saturated rings. The standard InChI is InChI=1S/C29H35FN2O/c1-2-3-8-23-12-16-25(17-13-23)29(33)32(27-9-5-4-6-10-27)22-28-11-7-20-31(28)21-24-14-18-26(30)19-15-24/h7,11-20,27H,2-6,8-10,21-22H2,1H3. The number of hydrogen-bond donors (Lipinski definition) is 0. The van der Waals surface area contributed by atoms with Gasteiger partial charge in [-0.15, -0.1) is 0 Å². The molecule has 1 aliphatic rings. The highest BCUT2D eigenvalue weighted by Gasteiger charge is 2.27. The van der Waals surface area contributed by atoms with Crippen LogP contribution in [0.15, 0.2) is 66.9 Å². The lowest BCUT2D eigenvalue weighted by atomic mass is 9.93. The molecule has 1 saturated carbocycles. The number of carbonyl (C=O) groups excluding carboxylic acids is 1. The molecule has 1 amide bonds. The molecule has 0 aliphatic heterocycles. The van der Waals surface area contributed by atoms with Crippen LogP contribution in [0.3, 0.4) is 0 Å². The lowest BCUT2D eigenvalue weighted by Gasteiger charge is -2.35. The fraction of sp³-hybridized carbons (Fsp3) is 0.414. The Labute approximate surface area is 197 Å². The summed E-state index contributed by atoms with van der Waals surface area (Å²) < 4.78 is 15.5. The lowest BCUT2D eigenvalue weighted by molar-refractivity contribution is 0.0608. The molecule has 0 radical (unpaired) electrons. The van der Waals surface area contributed by atoms with E-state index in [0.717, 1.165) is 36.1 Å². The van der Waals surface area contributed by atoms with E-state index in [1.54, 1.807) is 0 Å². The lowest BCUT2D eigenvalue weighted by Crippen LogP contribution is -2.41. The van der Waals surface area contributed by atoms with Crippen LogP contribution in [0.4, 0.5) is 4.39 Å². The second kappa shape index (κ2) is 11.3. The number of unbranched alkanes of at least 4 members (excludes halogenated alkanes) is 1. The minimum atomic E-state index is -0.221. The Morgan fingerprint density at radius 3 is 2.36 bits per heavy atom. The van der Waals surface area contributed by atoms with E-state index in [0.29, 0.717) is 13.1 Å². The van der Waals surface area contributed by atoms with Crippen molar-refractivity contribution in [3.05, 3.63) is 95.1 Å². The average Bonchev–Trinajstić information content (AvgIpc) is 3.29. The summed E-state index contributed by atoms with van der Waals surface area (Å²) in [6.07, 6.45) is 11.2. The van der Waals surface area contributed by atoms with Crippen LogP contribution in [0.1, 0.15) is 79.0 Å². The number of aromatic nitrogens is 1. The fourth-order valence-corrected chi connectivity index (χ4v) is 4.83. The predicted octanol–water partition coefficient (Wildman–Crippen LogP) is 6.99. The van der Waals surface area contributed by atoms with Gasteiger partial charge in [0.15, 0.2) is 0 Å². The molecule has 0 bridgehead atoms. The van der Waals surface area contributed by atoms with Crippen LogP contribution in [0.25, 0.3) is 0 Å². The third-order valence-electron chi connectivity index (χ3n) is 6.82. The molecule has 0 N–H and O–H groups in total. The van der Waals surface area contributed by atoms with Crippen molar-refractivity contribution >= 4 is 5.91 Å². The third-order valence-corrected chi connectivity index (χ3v) is 6.82. The van der Waals surface area contributed by atoms with E-state index in [2.05, 4.69) is 34.6 Å². The number of aryl methyl sites for hydroxylation is 1. The number of rotatable bonds is 9. The van der Waals surface area contributed by atoms with E-state index >= 15 is 0 Å². The molecule has 4 heteroatoms. The number of benzene rings is 2. The Morgan fingerprint density at radius 1 is 0.970 bits per heavy atom. The van der Waals surface area contributed by atoms with Crippen LogP contribution in [-0.2, 0) is 19.5 Å². The van der Waals surface area contributed by atoms with Crippen molar-refractivity contribution in [2.45, 2.75) is 77.4 Å². The fourth-order valence-electron chi connectivity index (χ4n) is 4.83. The molecule has 33 heavy (non-hydrogen) atoms.